The van der Waals surface area contributed by atoms with E-state index in [1.165, 1.54) is 167 Å². The van der Waals surface area contributed by atoms with Crippen LogP contribution in [0.15, 0.2) is 36.5 Å². The van der Waals surface area contributed by atoms with Crippen LogP contribution in [0, 0.1) is 0 Å². The highest BCUT2D eigenvalue weighted by Gasteiger charge is 2.19. The molecule has 0 amide bonds. The minimum Gasteiger partial charge on any atom is -0.462 e. The molecule has 0 spiro atoms. The van der Waals surface area contributed by atoms with Crippen molar-refractivity contribution in [2.24, 2.45) is 0 Å². The Morgan fingerprint density at radius 1 is 0.328 bits per heavy atom. The van der Waals surface area contributed by atoms with Crippen molar-refractivity contribution < 1.29 is 28.6 Å². The van der Waals surface area contributed by atoms with E-state index in [4.69, 9.17) is 14.2 Å². The largest absolute Gasteiger partial charge is 0.462 e. The average molecular weight is 857 g/mol. The zero-order chi connectivity index (χ0) is 44.4. The Hall–Kier alpha value is -2.37. The molecule has 0 aromatic rings. The second-order valence-corrected chi connectivity index (χ2v) is 17.8. The second kappa shape index (κ2) is 50.3. The van der Waals surface area contributed by atoms with Crippen LogP contribution in [0.1, 0.15) is 278 Å². The average Bonchev–Trinajstić information content (AvgIpc) is 3.26. The van der Waals surface area contributed by atoms with Gasteiger partial charge in [-0.1, -0.05) is 218 Å². The molecule has 0 aliphatic carbocycles. The molecule has 0 radical (unpaired) electrons. The molecular weight excluding hydrogens is 757 g/mol. The standard InChI is InChI=1S/C55H100O6/c1-4-7-10-13-16-19-21-23-25-27-29-31-33-36-39-42-45-48-54(57)60-51-52(50-59-53(56)47-44-41-38-35-18-15-12-9-6-3)61-55(58)49-46-43-40-37-34-32-30-28-26-24-22-20-17-14-11-8-5-2/h16,19,23-26,52H,4-15,17-18,20-22,27-51H2,1-3H3/b19-16-,25-23-,26-24-. The lowest BCUT2D eigenvalue weighted by Gasteiger charge is -2.18. The van der Waals surface area contributed by atoms with Crippen LogP contribution in [0.5, 0.6) is 0 Å². The van der Waals surface area contributed by atoms with E-state index in [1.807, 2.05) is 0 Å². The van der Waals surface area contributed by atoms with Gasteiger partial charge in [0.25, 0.3) is 0 Å². The lowest BCUT2D eigenvalue weighted by atomic mass is 10.1. The predicted molar refractivity (Wildman–Crippen MR) is 261 cm³/mol. The normalized spacial score (nSPS) is 12.2. The summed E-state index contributed by atoms with van der Waals surface area (Å²) in [6.07, 6.45) is 58.4. The van der Waals surface area contributed by atoms with E-state index in [0.717, 1.165) is 70.6 Å². The fraction of sp³-hybridized carbons (Fsp3) is 0.836. The van der Waals surface area contributed by atoms with E-state index >= 15 is 0 Å². The number of hydrogen-bond donors (Lipinski definition) is 0. The summed E-state index contributed by atoms with van der Waals surface area (Å²) < 4.78 is 16.8. The highest BCUT2D eigenvalue weighted by Crippen LogP contribution is 2.15. The molecule has 0 aliphatic rings. The van der Waals surface area contributed by atoms with Crippen molar-refractivity contribution in [3.05, 3.63) is 36.5 Å². The maximum Gasteiger partial charge on any atom is 0.306 e. The molecule has 0 saturated heterocycles. The first kappa shape index (κ1) is 58.6. The number of ether oxygens (including phenoxy) is 3. The van der Waals surface area contributed by atoms with Crippen molar-refractivity contribution in [2.45, 2.75) is 284 Å². The lowest BCUT2D eigenvalue weighted by molar-refractivity contribution is -0.167. The van der Waals surface area contributed by atoms with Gasteiger partial charge in [-0.05, 0) is 77.0 Å². The Labute approximate surface area is 378 Å². The first-order valence-corrected chi connectivity index (χ1v) is 26.5. The van der Waals surface area contributed by atoms with E-state index in [-0.39, 0.29) is 31.1 Å². The maximum absolute atomic E-state index is 12.8. The Bertz CT molecular complexity index is 1030. The zero-order valence-corrected chi connectivity index (χ0v) is 40.7. The van der Waals surface area contributed by atoms with Gasteiger partial charge in [0.1, 0.15) is 13.2 Å². The van der Waals surface area contributed by atoms with Gasteiger partial charge >= 0.3 is 17.9 Å². The highest BCUT2D eigenvalue weighted by molar-refractivity contribution is 5.71. The molecule has 0 saturated carbocycles. The summed E-state index contributed by atoms with van der Waals surface area (Å²) >= 11 is 0. The molecule has 1 unspecified atom stereocenters. The molecule has 0 rings (SSSR count). The van der Waals surface area contributed by atoms with Crippen LogP contribution in [-0.2, 0) is 28.6 Å². The molecule has 1 atom stereocenters. The monoisotopic (exact) mass is 857 g/mol. The van der Waals surface area contributed by atoms with Crippen LogP contribution in [0.3, 0.4) is 0 Å². The molecule has 6 nitrogen and oxygen atoms in total. The SMILES string of the molecule is CCCCC/C=C\C/C=C\CCCCCCCCCC(=O)OCC(COC(=O)CCCCCCCCCCC)OC(=O)CCCCCCCCC/C=C\CCCCCCCC. The van der Waals surface area contributed by atoms with Crippen LogP contribution in [0.25, 0.3) is 0 Å². The van der Waals surface area contributed by atoms with Gasteiger partial charge in [-0.3, -0.25) is 14.4 Å². The van der Waals surface area contributed by atoms with Gasteiger partial charge in [0.05, 0.1) is 0 Å². The molecule has 61 heavy (non-hydrogen) atoms. The molecule has 0 aliphatic heterocycles. The molecule has 0 aromatic carbocycles. The fourth-order valence-electron chi connectivity index (χ4n) is 7.59. The third-order valence-electron chi connectivity index (χ3n) is 11.6. The van der Waals surface area contributed by atoms with Crippen molar-refractivity contribution >= 4 is 17.9 Å². The minimum atomic E-state index is -0.773. The lowest BCUT2D eigenvalue weighted by Crippen LogP contribution is -2.30. The minimum absolute atomic E-state index is 0.0739. The zero-order valence-electron chi connectivity index (χ0n) is 40.7. The predicted octanol–water partition coefficient (Wildman–Crippen LogP) is 17.3. The van der Waals surface area contributed by atoms with Crippen molar-refractivity contribution in [2.75, 3.05) is 13.2 Å². The van der Waals surface area contributed by atoms with Crippen LogP contribution in [0.4, 0.5) is 0 Å². The van der Waals surface area contributed by atoms with Crippen LogP contribution in [-0.4, -0.2) is 37.2 Å². The quantitative estimate of drug-likeness (QED) is 0.0262. The van der Waals surface area contributed by atoms with Gasteiger partial charge in [0.2, 0.25) is 0 Å². The summed E-state index contributed by atoms with van der Waals surface area (Å²) in [5.41, 5.74) is 0. The van der Waals surface area contributed by atoms with Gasteiger partial charge in [0, 0.05) is 19.3 Å². The van der Waals surface area contributed by atoms with Crippen molar-refractivity contribution in [3.63, 3.8) is 0 Å². The molecule has 0 aromatic heterocycles. The van der Waals surface area contributed by atoms with E-state index in [9.17, 15) is 14.4 Å². The van der Waals surface area contributed by atoms with Crippen LogP contribution in [0.2, 0.25) is 0 Å². The second-order valence-electron chi connectivity index (χ2n) is 17.8. The number of esters is 3. The van der Waals surface area contributed by atoms with E-state index in [1.54, 1.807) is 0 Å². The summed E-state index contributed by atoms with van der Waals surface area (Å²) in [7, 11) is 0. The number of carbonyl (C=O) groups is 3. The molecular formula is C55H100O6. The fourth-order valence-corrected chi connectivity index (χ4v) is 7.59. The number of carbonyl (C=O) groups excluding carboxylic acids is 3. The van der Waals surface area contributed by atoms with Crippen molar-refractivity contribution in [1.29, 1.82) is 0 Å². The Morgan fingerprint density at radius 3 is 0.951 bits per heavy atom. The number of allylic oxidation sites excluding steroid dienone is 6. The summed E-state index contributed by atoms with van der Waals surface area (Å²) in [5.74, 6) is -0.879. The summed E-state index contributed by atoms with van der Waals surface area (Å²) in [4.78, 5) is 37.9. The Balaban J connectivity index is 4.31. The molecule has 0 heterocycles. The van der Waals surface area contributed by atoms with Gasteiger partial charge in [-0.15, -0.1) is 0 Å². The number of unbranched alkanes of at least 4 members (excludes halogenated alkanes) is 31. The third kappa shape index (κ3) is 48.5. The van der Waals surface area contributed by atoms with Crippen molar-refractivity contribution in [1.82, 2.24) is 0 Å². The Morgan fingerprint density at radius 2 is 0.590 bits per heavy atom. The first-order chi connectivity index (χ1) is 30.0. The van der Waals surface area contributed by atoms with E-state index < -0.39 is 6.10 Å². The van der Waals surface area contributed by atoms with Gasteiger partial charge < -0.3 is 14.2 Å². The topological polar surface area (TPSA) is 78.9 Å². The molecule has 0 N–H and O–H groups in total. The van der Waals surface area contributed by atoms with E-state index in [0.29, 0.717) is 19.3 Å². The van der Waals surface area contributed by atoms with Crippen LogP contribution < -0.4 is 0 Å². The number of hydrogen-bond acceptors (Lipinski definition) is 6. The summed E-state index contributed by atoms with van der Waals surface area (Å²) in [6.45, 7) is 6.60. The molecule has 0 bridgehead atoms. The van der Waals surface area contributed by atoms with Gasteiger partial charge in [-0.2, -0.15) is 0 Å². The maximum atomic E-state index is 12.8. The smallest absolute Gasteiger partial charge is 0.306 e. The van der Waals surface area contributed by atoms with E-state index in [2.05, 4.69) is 57.2 Å². The van der Waals surface area contributed by atoms with Crippen molar-refractivity contribution in [3.8, 4) is 0 Å². The van der Waals surface area contributed by atoms with Crippen LogP contribution >= 0.6 is 0 Å². The summed E-state index contributed by atoms with van der Waals surface area (Å²) in [5, 5.41) is 0. The Kier molecular flexibility index (Phi) is 48.3. The first-order valence-electron chi connectivity index (χ1n) is 26.5. The van der Waals surface area contributed by atoms with Gasteiger partial charge in [-0.25, -0.2) is 0 Å². The van der Waals surface area contributed by atoms with Gasteiger partial charge in [0.15, 0.2) is 6.10 Å². The highest BCUT2D eigenvalue weighted by atomic mass is 16.6. The molecule has 6 heteroatoms. The number of rotatable bonds is 48. The molecule has 0 fully saturated rings. The molecule has 356 valence electrons. The third-order valence-corrected chi connectivity index (χ3v) is 11.6. The summed E-state index contributed by atoms with van der Waals surface area (Å²) in [6, 6.07) is 0.